The van der Waals surface area contributed by atoms with Crippen molar-refractivity contribution in [1.29, 1.82) is 0 Å². The van der Waals surface area contributed by atoms with E-state index in [0.29, 0.717) is 5.69 Å². The quantitative estimate of drug-likeness (QED) is 0.455. The molecule has 0 unspecified atom stereocenters. The Morgan fingerprint density at radius 1 is 1.00 bits per heavy atom. The van der Waals surface area contributed by atoms with Crippen LogP contribution in [0.15, 0.2) is 54.7 Å². The second-order valence-electron chi connectivity index (χ2n) is 5.27. The van der Waals surface area contributed by atoms with E-state index in [9.17, 15) is 0 Å². The Labute approximate surface area is 150 Å². The van der Waals surface area contributed by atoms with Gasteiger partial charge in [0.15, 0.2) is 5.69 Å². The van der Waals surface area contributed by atoms with E-state index in [-0.39, 0.29) is 20.1 Å². The Kier molecular flexibility index (Phi) is 5.45. The number of hydrogen-bond donors (Lipinski definition) is 0. The monoisotopic (exact) mass is 476 g/mol. The van der Waals surface area contributed by atoms with Gasteiger partial charge in [0.25, 0.3) is 0 Å². The van der Waals surface area contributed by atoms with Crippen molar-refractivity contribution in [2.24, 2.45) is 0 Å². The molecule has 3 heteroatoms. The molecule has 0 spiro atoms. The van der Waals surface area contributed by atoms with Crippen LogP contribution in [-0.2, 0) is 20.1 Å². The molecule has 23 heavy (non-hydrogen) atoms. The van der Waals surface area contributed by atoms with Gasteiger partial charge in [0, 0.05) is 31.9 Å². The van der Waals surface area contributed by atoms with Crippen LogP contribution in [0.1, 0.15) is 11.1 Å². The Morgan fingerprint density at radius 2 is 1.83 bits per heavy atom. The Morgan fingerprint density at radius 3 is 2.48 bits per heavy atom. The smallest absolute Gasteiger partial charge is 0.187 e. The fraction of sp³-hybridized carbons (Fsp3) is 0.100. The standard InChI is InChI=1S/C20H15N2.Ir/c1-14-9-10-17(21-3)12-18(14)19-13-22-20(11-15(19)2)16-7-5-4-6-8-16;/h4-7,9-13H,1-2H3;/q-1;. The molecule has 0 saturated heterocycles. The zero-order chi connectivity index (χ0) is 15.5. The van der Waals surface area contributed by atoms with Crippen LogP contribution in [0.3, 0.4) is 0 Å². The van der Waals surface area contributed by atoms with Crippen LogP contribution in [0, 0.1) is 26.5 Å². The summed E-state index contributed by atoms with van der Waals surface area (Å²) in [6, 6.07) is 18.9. The Hall–Kier alpha value is -2.27. The van der Waals surface area contributed by atoms with Crippen LogP contribution >= 0.6 is 0 Å². The summed E-state index contributed by atoms with van der Waals surface area (Å²) in [5.41, 5.74) is 7.00. The second-order valence-corrected chi connectivity index (χ2v) is 5.27. The fourth-order valence-corrected chi connectivity index (χ4v) is 2.51. The molecule has 0 N–H and O–H groups in total. The first-order valence-electron chi connectivity index (χ1n) is 7.11. The van der Waals surface area contributed by atoms with Gasteiger partial charge >= 0.3 is 0 Å². The largest absolute Gasteiger partial charge is 0.304 e. The van der Waals surface area contributed by atoms with Crippen LogP contribution in [0.4, 0.5) is 5.69 Å². The van der Waals surface area contributed by atoms with Gasteiger partial charge < -0.3 is 4.98 Å². The average molecular weight is 476 g/mol. The van der Waals surface area contributed by atoms with Crippen LogP contribution in [0.25, 0.3) is 27.2 Å². The van der Waals surface area contributed by atoms with Crippen molar-refractivity contribution < 1.29 is 20.1 Å². The van der Waals surface area contributed by atoms with Gasteiger partial charge in [0.05, 0.1) is 6.57 Å². The number of aryl methyl sites for hydroxylation is 2. The van der Waals surface area contributed by atoms with E-state index in [1.165, 1.54) is 0 Å². The summed E-state index contributed by atoms with van der Waals surface area (Å²) < 4.78 is 0. The van der Waals surface area contributed by atoms with Gasteiger partial charge in [-0.15, -0.1) is 35.9 Å². The van der Waals surface area contributed by atoms with Crippen molar-refractivity contribution in [2.75, 3.05) is 0 Å². The van der Waals surface area contributed by atoms with Crippen LogP contribution in [0.5, 0.6) is 0 Å². The summed E-state index contributed by atoms with van der Waals surface area (Å²) >= 11 is 0. The minimum absolute atomic E-state index is 0. The zero-order valence-corrected chi connectivity index (χ0v) is 15.3. The molecule has 3 aromatic rings. The molecule has 0 atom stereocenters. The Balaban J connectivity index is 0.00000192. The van der Waals surface area contributed by atoms with Crippen LogP contribution in [0.2, 0.25) is 0 Å². The third kappa shape index (κ3) is 3.56. The van der Waals surface area contributed by atoms with E-state index in [0.717, 1.165) is 33.5 Å². The van der Waals surface area contributed by atoms with Gasteiger partial charge in [-0.3, -0.25) is 0 Å². The van der Waals surface area contributed by atoms with Crippen LogP contribution < -0.4 is 0 Å². The second kappa shape index (κ2) is 7.33. The number of benzene rings is 2. The molecular formula is C20H15IrN2-. The maximum absolute atomic E-state index is 7.18. The van der Waals surface area contributed by atoms with E-state index in [4.69, 9.17) is 6.57 Å². The van der Waals surface area contributed by atoms with Crippen molar-refractivity contribution in [1.82, 2.24) is 4.98 Å². The van der Waals surface area contributed by atoms with E-state index in [1.54, 1.807) is 0 Å². The maximum atomic E-state index is 7.18. The van der Waals surface area contributed by atoms with E-state index in [1.807, 2.05) is 48.7 Å². The minimum Gasteiger partial charge on any atom is -0.304 e. The van der Waals surface area contributed by atoms with Gasteiger partial charge in [-0.2, -0.15) is 0 Å². The number of nitrogens with zero attached hydrogens (tertiary/aromatic N) is 2. The normalized spacial score (nSPS) is 9.78. The van der Waals surface area contributed by atoms with Crippen LogP contribution in [-0.4, -0.2) is 4.98 Å². The van der Waals surface area contributed by atoms with E-state index >= 15 is 0 Å². The van der Waals surface area contributed by atoms with Crippen molar-refractivity contribution in [3.63, 3.8) is 0 Å². The molecule has 0 aliphatic rings. The fourth-order valence-electron chi connectivity index (χ4n) is 2.51. The first-order valence-corrected chi connectivity index (χ1v) is 7.11. The van der Waals surface area contributed by atoms with Crippen molar-refractivity contribution in [3.8, 4) is 22.4 Å². The predicted molar refractivity (Wildman–Crippen MR) is 89.7 cm³/mol. The molecule has 2 nitrogen and oxygen atoms in total. The molecule has 1 radical (unpaired) electrons. The summed E-state index contributed by atoms with van der Waals surface area (Å²) in [6.07, 6.45) is 1.89. The number of hydrogen-bond acceptors (Lipinski definition) is 1. The molecule has 1 aromatic heterocycles. The molecule has 0 aliphatic carbocycles. The molecule has 0 saturated carbocycles. The maximum Gasteiger partial charge on any atom is 0.187 e. The number of rotatable bonds is 2. The summed E-state index contributed by atoms with van der Waals surface area (Å²) in [5.74, 6) is 0. The molecule has 3 rings (SSSR count). The summed E-state index contributed by atoms with van der Waals surface area (Å²) in [6.45, 7) is 11.3. The van der Waals surface area contributed by atoms with E-state index in [2.05, 4.69) is 35.8 Å². The van der Waals surface area contributed by atoms with Gasteiger partial charge in [-0.05, 0) is 42.3 Å². The first kappa shape index (κ1) is 17.1. The van der Waals surface area contributed by atoms with E-state index < -0.39 is 0 Å². The number of aromatic nitrogens is 1. The SMILES string of the molecule is [C-]#[N+]c1ccc(C)c(-c2cnc(-c3[c-]cccc3)cc2C)c1.[Ir]. The Bertz CT molecular complexity index is 865. The molecule has 0 aliphatic heterocycles. The first-order chi connectivity index (χ1) is 10.7. The predicted octanol–water partition coefficient (Wildman–Crippen LogP) is 5.38. The third-order valence-electron chi connectivity index (χ3n) is 3.74. The molecule has 0 amide bonds. The average Bonchev–Trinajstić information content (AvgIpc) is 2.56. The summed E-state index contributed by atoms with van der Waals surface area (Å²) in [7, 11) is 0. The molecule has 0 fully saturated rings. The summed E-state index contributed by atoms with van der Waals surface area (Å²) in [4.78, 5) is 8.09. The molecule has 115 valence electrons. The zero-order valence-electron chi connectivity index (χ0n) is 12.9. The molecule has 1 heterocycles. The summed E-state index contributed by atoms with van der Waals surface area (Å²) in [5, 5.41) is 0. The van der Waals surface area contributed by atoms with Crippen molar-refractivity contribution in [2.45, 2.75) is 13.8 Å². The van der Waals surface area contributed by atoms with Crippen molar-refractivity contribution >= 4 is 5.69 Å². The topological polar surface area (TPSA) is 17.2 Å². The molecular weight excluding hydrogens is 460 g/mol. The number of pyridine rings is 1. The van der Waals surface area contributed by atoms with Crippen molar-refractivity contribution in [3.05, 3.63) is 83.3 Å². The third-order valence-corrected chi connectivity index (χ3v) is 3.74. The molecule has 0 bridgehead atoms. The minimum atomic E-state index is 0. The van der Waals surface area contributed by atoms with Gasteiger partial charge in [0.1, 0.15) is 0 Å². The molecule has 2 aromatic carbocycles. The van der Waals surface area contributed by atoms with Gasteiger partial charge in [-0.25, -0.2) is 4.85 Å². The van der Waals surface area contributed by atoms with Gasteiger partial charge in [0.2, 0.25) is 0 Å². The van der Waals surface area contributed by atoms with Gasteiger partial charge in [-0.1, -0.05) is 18.2 Å².